The third-order valence-corrected chi connectivity index (χ3v) is 4.99. The Hall–Kier alpha value is -0.190. The van der Waals surface area contributed by atoms with E-state index in [4.69, 9.17) is 0 Å². The van der Waals surface area contributed by atoms with E-state index in [2.05, 4.69) is 0 Å². The highest BCUT2D eigenvalue weighted by molar-refractivity contribution is 7.91. The van der Waals surface area contributed by atoms with Crippen LogP contribution in [-0.2, 0) is 9.84 Å². The van der Waals surface area contributed by atoms with Crippen LogP contribution in [0.5, 0.6) is 0 Å². The van der Waals surface area contributed by atoms with E-state index >= 15 is 0 Å². The van der Waals surface area contributed by atoms with Gasteiger partial charge in [-0.3, -0.25) is 0 Å². The summed E-state index contributed by atoms with van der Waals surface area (Å²) in [6.07, 6.45) is -2.21. The Labute approximate surface area is 83.6 Å². The Kier molecular flexibility index (Phi) is 3.19. The topological polar surface area (TPSA) is 34.1 Å². The number of alkyl halides is 2. The first-order chi connectivity index (χ1) is 6.30. The van der Waals surface area contributed by atoms with Gasteiger partial charge >= 0.3 is 0 Å². The summed E-state index contributed by atoms with van der Waals surface area (Å²) >= 11 is 0. The van der Waals surface area contributed by atoms with E-state index in [9.17, 15) is 17.2 Å². The number of halogens is 2. The fourth-order valence-electron chi connectivity index (χ4n) is 1.97. The second kappa shape index (κ2) is 3.76. The number of sulfone groups is 1. The molecule has 0 aromatic rings. The minimum absolute atomic E-state index is 0.0878. The summed E-state index contributed by atoms with van der Waals surface area (Å²) < 4.78 is 48.0. The van der Waals surface area contributed by atoms with Gasteiger partial charge in [-0.15, -0.1) is 0 Å². The molecule has 0 aromatic carbocycles. The van der Waals surface area contributed by atoms with Crippen LogP contribution in [0.15, 0.2) is 0 Å². The fourth-order valence-corrected chi connectivity index (χ4v) is 3.55. The predicted octanol–water partition coefficient (Wildman–Crippen LogP) is 2.10. The highest BCUT2D eigenvalue weighted by Crippen LogP contribution is 2.44. The molecule has 0 atom stereocenters. The molecule has 0 radical (unpaired) electrons. The molecule has 1 heterocycles. The van der Waals surface area contributed by atoms with E-state index in [0.29, 0.717) is 0 Å². The predicted molar refractivity (Wildman–Crippen MR) is 51.2 cm³/mol. The lowest BCUT2D eigenvalue weighted by molar-refractivity contribution is -0.0449. The molecule has 5 heteroatoms. The van der Waals surface area contributed by atoms with Gasteiger partial charge in [-0.25, -0.2) is 17.2 Å². The van der Waals surface area contributed by atoms with Crippen molar-refractivity contribution in [2.45, 2.75) is 33.1 Å². The second-order valence-electron chi connectivity index (χ2n) is 4.34. The summed E-state index contributed by atoms with van der Waals surface area (Å²) in [6, 6.07) is 0. The molecular formula is C9H16F2O2S. The third kappa shape index (κ3) is 2.07. The number of rotatable bonds is 2. The van der Waals surface area contributed by atoms with Crippen LogP contribution in [0.4, 0.5) is 8.78 Å². The van der Waals surface area contributed by atoms with Crippen molar-refractivity contribution in [1.82, 2.24) is 0 Å². The van der Waals surface area contributed by atoms with Gasteiger partial charge in [0, 0.05) is 5.41 Å². The summed E-state index contributed by atoms with van der Waals surface area (Å²) in [5.41, 5.74) is -1.08. The van der Waals surface area contributed by atoms with Crippen molar-refractivity contribution < 1.29 is 17.2 Å². The summed E-state index contributed by atoms with van der Waals surface area (Å²) in [6.45, 7) is 3.48. The van der Waals surface area contributed by atoms with Gasteiger partial charge in [-0.1, -0.05) is 13.8 Å². The van der Waals surface area contributed by atoms with Crippen molar-refractivity contribution >= 4 is 9.84 Å². The first-order valence-electron chi connectivity index (χ1n) is 4.79. The number of hydrogen-bond acceptors (Lipinski definition) is 2. The van der Waals surface area contributed by atoms with E-state index < -0.39 is 21.7 Å². The van der Waals surface area contributed by atoms with Gasteiger partial charge in [-0.2, -0.15) is 0 Å². The summed E-state index contributed by atoms with van der Waals surface area (Å²) in [5.74, 6) is -0.344. The molecule has 0 unspecified atom stereocenters. The van der Waals surface area contributed by atoms with Gasteiger partial charge in [-0.05, 0) is 18.8 Å². The normalized spacial score (nSPS) is 25.6. The van der Waals surface area contributed by atoms with E-state index in [0.717, 1.165) is 0 Å². The van der Waals surface area contributed by atoms with Gasteiger partial charge in [0.1, 0.15) is 9.84 Å². The van der Waals surface area contributed by atoms with Crippen LogP contribution in [-0.4, -0.2) is 26.3 Å². The molecule has 1 rings (SSSR count). The van der Waals surface area contributed by atoms with E-state index in [1.54, 1.807) is 13.8 Å². The molecule has 0 amide bonds. The minimum atomic E-state index is -3.05. The zero-order valence-corrected chi connectivity index (χ0v) is 9.28. The molecule has 1 fully saturated rings. The Morgan fingerprint density at radius 2 is 1.57 bits per heavy atom. The Bertz CT molecular complexity index is 272. The van der Waals surface area contributed by atoms with Crippen LogP contribution >= 0.6 is 0 Å². The van der Waals surface area contributed by atoms with E-state index in [1.807, 2.05) is 0 Å². The summed E-state index contributed by atoms with van der Waals surface area (Å²) in [4.78, 5) is 0. The maximum absolute atomic E-state index is 12.9. The maximum atomic E-state index is 12.9. The van der Waals surface area contributed by atoms with Gasteiger partial charge < -0.3 is 0 Å². The van der Waals surface area contributed by atoms with Gasteiger partial charge in [0.2, 0.25) is 6.43 Å². The van der Waals surface area contributed by atoms with Crippen LogP contribution in [0.2, 0.25) is 0 Å². The molecule has 0 spiro atoms. The second-order valence-corrected chi connectivity index (χ2v) is 6.64. The van der Waals surface area contributed by atoms with Crippen molar-refractivity contribution in [3.63, 3.8) is 0 Å². The zero-order valence-electron chi connectivity index (χ0n) is 8.46. The van der Waals surface area contributed by atoms with Gasteiger partial charge in [0.05, 0.1) is 11.5 Å². The molecule has 2 nitrogen and oxygen atoms in total. The molecule has 1 saturated heterocycles. The zero-order chi connectivity index (χ0) is 11.0. The first-order valence-corrected chi connectivity index (χ1v) is 6.61. The lowest BCUT2D eigenvalue weighted by Crippen LogP contribution is -2.42. The molecular weight excluding hydrogens is 210 g/mol. The van der Waals surface area contributed by atoms with Crippen LogP contribution in [0.3, 0.4) is 0 Å². The molecule has 1 aliphatic rings. The van der Waals surface area contributed by atoms with Crippen LogP contribution in [0.25, 0.3) is 0 Å². The molecule has 0 bridgehead atoms. The molecule has 0 N–H and O–H groups in total. The quantitative estimate of drug-likeness (QED) is 0.722. The summed E-state index contributed by atoms with van der Waals surface area (Å²) in [5, 5.41) is 0. The van der Waals surface area contributed by atoms with Gasteiger partial charge in [0.15, 0.2) is 0 Å². The highest BCUT2D eigenvalue weighted by Gasteiger charge is 2.46. The Balaban J connectivity index is 2.85. The molecule has 0 aliphatic carbocycles. The van der Waals surface area contributed by atoms with Gasteiger partial charge in [0.25, 0.3) is 0 Å². The van der Waals surface area contributed by atoms with E-state index in [1.165, 1.54) is 0 Å². The average Bonchev–Trinajstić information content (AvgIpc) is 2.03. The average molecular weight is 226 g/mol. The lowest BCUT2D eigenvalue weighted by atomic mass is 9.73. The standard InChI is InChI=1S/C9H16F2O2S/c1-7(2)9(8(10)11)3-5-14(12,13)6-4-9/h7-8H,3-6H2,1-2H3. The van der Waals surface area contributed by atoms with Crippen LogP contribution in [0, 0.1) is 11.3 Å². The molecule has 0 aromatic heterocycles. The first kappa shape index (κ1) is 11.9. The van der Waals surface area contributed by atoms with Crippen molar-refractivity contribution in [3.8, 4) is 0 Å². The van der Waals surface area contributed by atoms with Crippen LogP contribution in [0.1, 0.15) is 26.7 Å². The minimum Gasteiger partial charge on any atom is -0.229 e. The fraction of sp³-hybridized carbons (Fsp3) is 1.00. The molecule has 14 heavy (non-hydrogen) atoms. The van der Waals surface area contributed by atoms with Crippen molar-refractivity contribution in [2.75, 3.05) is 11.5 Å². The molecule has 0 saturated carbocycles. The summed E-state index contributed by atoms with van der Waals surface area (Å²) in [7, 11) is -3.05. The maximum Gasteiger partial charge on any atom is 0.244 e. The molecule has 1 aliphatic heterocycles. The monoisotopic (exact) mass is 226 g/mol. The Morgan fingerprint density at radius 1 is 1.14 bits per heavy atom. The van der Waals surface area contributed by atoms with Crippen molar-refractivity contribution in [3.05, 3.63) is 0 Å². The highest BCUT2D eigenvalue weighted by atomic mass is 32.2. The van der Waals surface area contributed by atoms with Crippen LogP contribution < -0.4 is 0 Å². The molecule has 84 valence electrons. The van der Waals surface area contributed by atoms with E-state index in [-0.39, 0.29) is 30.3 Å². The SMILES string of the molecule is CC(C)C1(C(F)F)CCS(=O)(=O)CC1. The lowest BCUT2D eigenvalue weighted by Gasteiger charge is -2.39. The third-order valence-electron chi connectivity index (χ3n) is 3.34. The van der Waals surface area contributed by atoms with Crippen molar-refractivity contribution in [1.29, 1.82) is 0 Å². The number of hydrogen-bond donors (Lipinski definition) is 0. The smallest absolute Gasteiger partial charge is 0.229 e. The van der Waals surface area contributed by atoms with Crippen molar-refractivity contribution in [2.24, 2.45) is 11.3 Å². The Morgan fingerprint density at radius 3 is 1.86 bits per heavy atom. The largest absolute Gasteiger partial charge is 0.244 e.